The van der Waals surface area contributed by atoms with Crippen LogP contribution in [0.4, 0.5) is 10.1 Å². The van der Waals surface area contributed by atoms with Crippen molar-refractivity contribution in [1.29, 1.82) is 0 Å². The van der Waals surface area contributed by atoms with Crippen LogP contribution in [0.15, 0.2) is 76.3 Å². The van der Waals surface area contributed by atoms with Crippen molar-refractivity contribution in [2.75, 3.05) is 13.1 Å². The molecule has 28 heavy (non-hydrogen) atoms. The number of allylic oxidation sites excluding steroid dienone is 4. The van der Waals surface area contributed by atoms with Gasteiger partial charge in [-0.1, -0.05) is 17.7 Å². The van der Waals surface area contributed by atoms with Crippen molar-refractivity contribution in [1.82, 2.24) is 4.31 Å². The molecular weight excluding hydrogens is 388 g/mol. The summed E-state index contributed by atoms with van der Waals surface area (Å²) in [7, 11) is 3.48. The third-order valence-electron chi connectivity index (χ3n) is 5.20. The van der Waals surface area contributed by atoms with E-state index in [1.807, 2.05) is 12.7 Å². The van der Waals surface area contributed by atoms with Crippen LogP contribution < -0.4 is 5.73 Å². The van der Waals surface area contributed by atoms with E-state index in [1.165, 1.54) is 22.6 Å². The van der Waals surface area contributed by atoms with Crippen LogP contribution in [-0.4, -0.2) is 28.9 Å². The lowest BCUT2D eigenvalue weighted by atomic mass is 9.67. The second kappa shape index (κ2) is 9.04. The van der Waals surface area contributed by atoms with Gasteiger partial charge in [-0.05, 0) is 79.6 Å². The van der Waals surface area contributed by atoms with Gasteiger partial charge < -0.3 is 5.73 Å². The smallest absolute Gasteiger partial charge is 0.123 e. The van der Waals surface area contributed by atoms with Crippen molar-refractivity contribution in [3.05, 3.63) is 77.1 Å². The van der Waals surface area contributed by atoms with Crippen LogP contribution in [0.2, 0.25) is 0 Å². The minimum Gasteiger partial charge on any atom is -0.404 e. The number of aliphatic imine (C=N–C) groups is 1. The van der Waals surface area contributed by atoms with Gasteiger partial charge in [0, 0.05) is 23.4 Å². The molecule has 0 spiro atoms. The van der Waals surface area contributed by atoms with Gasteiger partial charge in [0.25, 0.3) is 0 Å². The average Bonchev–Trinajstić information content (AvgIpc) is 2.73. The molecule has 1 atom stereocenters. The van der Waals surface area contributed by atoms with Crippen LogP contribution in [0.5, 0.6) is 0 Å². The number of nitrogens with two attached hydrogens (primary N) is 1. The molecule has 1 aliphatic heterocycles. The minimum absolute atomic E-state index is 0.150. The molecule has 1 saturated heterocycles. The molecule has 1 aromatic carbocycles. The van der Waals surface area contributed by atoms with E-state index in [4.69, 9.17) is 10.7 Å². The molecule has 1 fully saturated rings. The molecule has 0 aromatic heterocycles. The molecule has 1 heterocycles. The molecule has 1 aliphatic carbocycles. The predicted molar refractivity (Wildman–Crippen MR) is 123 cm³/mol. The molecule has 1 aromatic rings. The molecule has 0 amide bonds. The van der Waals surface area contributed by atoms with E-state index in [0.717, 1.165) is 42.9 Å². The first-order valence-corrected chi connectivity index (χ1v) is 10.6. The Morgan fingerprint density at radius 1 is 1.39 bits per heavy atom. The zero-order valence-corrected chi connectivity index (χ0v) is 17.8. The molecule has 2 N–H and O–H groups in total. The topological polar surface area (TPSA) is 41.6 Å². The number of hydrogen-bond acceptors (Lipinski definition) is 4. The Morgan fingerprint density at radius 3 is 2.75 bits per heavy atom. The number of hydrogen-bond donors (Lipinski definition) is 1. The van der Waals surface area contributed by atoms with Crippen LogP contribution >= 0.6 is 20.8 Å². The maximum Gasteiger partial charge on any atom is 0.123 e. The van der Waals surface area contributed by atoms with Crippen LogP contribution in [0, 0.1) is 11.2 Å². The highest BCUT2D eigenvalue weighted by Gasteiger charge is 2.41. The highest BCUT2D eigenvalue weighted by atomic mass is 32.2. The number of nitrogens with zero attached hydrogens (tertiary/aromatic N) is 2. The molecule has 2 aliphatic rings. The van der Waals surface area contributed by atoms with Gasteiger partial charge >= 0.3 is 0 Å². The summed E-state index contributed by atoms with van der Waals surface area (Å²) in [4.78, 5) is 5.89. The Kier molecular flexibility index (Phi) is 6.71. The maximum atomic E-state index is 13.2. The summed E-state index contributed by atoms with van der Waals surface area (Å²) in [6.45, 7) is 8.00. The summed E-state index contributed by atoms with van der Waals surface area (Å²) in [6.07, 6.45) is 9.62. The van der Waals surface area contributed by atoms with Gasteiger partial charge in [0.2, 0.25) is 0 Å². The summed E-state index contributed by atoms with van der Waals surface area (Å²) in [5.41, 5.74) is 9.69. The standard InChI is InChI=1S/C22H25FN3PS/c1-3-20(14-27)28-26-10-9-17-11-21(25-19-7-5-18(23)6-8-19)16(13-24)12-22(17,4-2)15-26/h3-8,11,13-14,27H,2,9-10,12,15,24H2,1H3/b16-13?,20-3+,25-21?. The Morgan fingerprint density at radius 2 is 2.14 bits per heavy atom. The summed E-state index contributed by atoms with van der Waals surface area (Å²) < 4.78 is 15.6. The maximum absolute atomic E-state index is 13.2. The quantitative estimate of drug-likeness (QED) is 0.397. The molecule has 6 heteroatoms. The second-order valence-electron chi connectivity index (χ2n) is 6.91. The van der Waals surface area contributed by atoms with Crippen LogP contribution in [-0.2, 0) is 0 Å². The zero-order valence-electron chi connectivity index (χ0n) is 16.0. The summed E-state index contributed by atoms with van der Waals surface area (Å²) in [6, 6.07) is 6.20. The Balaban J connectivity index is 1.92. The van der Waals surface area contributed by atoms with E-state index >= 15 is 0 Å². The lowest BCUT2D eigenvalue weighted by Gasteiger charge is -2.45. The van der Waals surface area contributed by atoms with Crippen molar-refractivity contribution >= 4 is 38.0 Å². The third kappa shape index (κ3) is 4.38. The van der Waals surface area contributed by atoms with Crippen molar-refractivity contribution in [2.45, 2.75) is 19.8 Å². The number of benzene rings is 1. The van der Waals surface area contributed by atoms with E-state index in [-0.39, 0.29) is 11.2 Å². The molecule has 0 radical (unpaired) electrons. The summed E-state index contributed by atoms with van der Waals surface area (Å²) in [5, 5.41) is 0. The molecule has 3 nitrogen and oxygen atoms in total. The molecule has 1 unspecified atom stereocenters. The number of halogens is 1. The van der Waals surface area contributed by atoms with Gasteiger partial charge in [-0.25, -0.2) is 13.7 Å². The van der Waals surface area contributed by atoms with Crippen LogP contribution in [0.25, 0.3) is 0 Å². The third-order valence-corrected chi connectivity index (χ3v) is 6.86. The molecular formula is C22H25FN3PS. The number of fused-ring (bicyclic) bond motifs is 1. The van der Waals surface area contributed by atoms with Gasteiger partial charge in [-0.2, -0.15) is 0 Å². The van der Waals surface area contributed by atoms with E-state index in [1.54, 1.807) is 30.3 Å². The van der Waals surface area contributed by atoms with Crippen molar-refractivity contribution in [3.63, 3.8) is 0 Å². The Bertz CT molecular complexity index is 886. The molecule has 146 valence electrons. The lowest BCUT2D eigenvalue weighted by Crippen LogP contribution is -2.43. The highest BCUT2D eigenvalue weighted by molar-refractivity contribution is 8.02. The lowest BCUT2D eigenvalue weighted by molar-refractivity contribution is 0.279. The zero-order chi connectivity index (χ0) is 20.1. The molecule has 0 bridgehead atoms. The Labute approximate surface area is 173 Å². The number of piperidine rings is 1. The number of rotatable bonds is 5. The minimum atomic E-state index is -0.267. The predicted octanol–water partition coefficient (Wildman–Crippen LogP) is 5.45. The fraction of sp³-hybridized carbons (Fsp3) is 0.273. The van der Waals surface area contributed by atoms with E-state index < -0.39 is 0 Å². The van der Waals surface area contributed by atoms with E-state index in [9.17, 15) is 4.39 Å². The SMILES string of the molecule is C=CC12CC(=CN)C(=Nc3ccc(F)cc3)C=C1CCN(S/C(C=P)=C/C)C2. The van der Waals surface area contributed by atoms with E-state index in [2.05, 4.69) is 38.0 Å². The average molecular weight is 414 g/mol. The first-order valence-electron chi connectivity index (χ1n) is 9.23. The van der Waals surface area contributed by atoms with Gasteiger partial charge in [0.05, 0.1) is 11.4 Å². The van der Waals surface area contributed by atoms with Crippen molar-refractivity contribution < 1.29 is 4.39 Å². The van der Waals surface area contributed by atoms with Gasteiger partial charge in [-0.3, -0.25) is 0 Å². The second-order valence-corrected chi connectivity index (χ2v) is 8.37. The van der Waals surface area contributed by atoms with Crippen LogP contribution in [0.1, 0.15) is 19.8 Å². The van der Waals surface area contributed by atoms with Crippen LogP contribution in [0.3, 0.4) is 0 Å². The molecule has 3 rings (SSSR count). The fourth-order valence-corrected chi connectivity index (χ4v) is 4.88. The summed E-state index contributed by atoms with van der Waals surface area (Å²) in [5.74, 6) is 1.67. The first kappa shape index (κ1) is 20.8. The van der Waals surface area contributed by atoms with E-state index in [0.29, 0.717) is 0 Å². The monoisotopic (exact) mass is 413 g/mol. The fourth-order valence-electron chi connectivity index (χ4n) is 3.62. The van der Waals surface area contributed by atoms with Gasteiger partial charge in [0.1, 0.15) is 5.82 Å². The Hall–Kier alpha value is -1.94. The van der Waals surface area contributed by atoms with Gasteiger partial charge in [0.15, 0.2) is 0 Å². The summed E-state index contributed by atoms with van der Waals surface area (Å²) >= 11 is 1.75. The normalized spacial score (nSPS) is 26.1. The van der Waals surface area contributed by atoms with Gasteiger partial charge in [-0.15, -0.1) is 15.4 Å². The largest absolute Gasteiger partial charge is 0.404 e. The first-order chi connectivity index (χ1) is 13.5. The van der Waals surface area contributed by atoms with Crippen molar-refractivity contribution in [2.24, 2.45) is 16.1 Å². The molecule has 0 saturated carbocycles. The highest BCUT2D eigenvalue weighted by Crippen LogP contribution is 2.47. The van der Waals surface area contributed by atoms with Crippen molar-refractivity contribution in [3.8, 4) is 0 Å².